The van der Waals surface area contributed by atoms with Crippen LogP contribution in [-0.4, -0.2) is 77.1 Å². The number of rotatable bonds is 7. The molecule has 0 bridgehead atoms. The van der Waals surface area contributed by atoms with Gasteiger partial charge in [0.1, 0.15) is 0 Å². The molecule has 1 rings (SSSR count). The van der Waals surface area contributed by atoms with E-state index >= 15 is 0 Å². The number of benzene rings is 1. The molecule has 0 spiro atoms. The predicted molar refractivity (Wildman–Crippen MR) is 69.1 cm³/mol. The first-order valence-electron chi connectivity index (χ1n) is 5.47. The minimum atomic E-state index is -0.405. The number of aliphatic hydroxyl groups excluding tert-OH is 2. The molecule has 96 valence electrons. The Morgan fingerprint density at radius 1 is 1.11 bits per heavy atom. The Bertz CT molecular complexity index is 328. The van der Waals surface area contributed by atoms with E-state index in [2.05, 4.69) is 0 Å². The van der Waals surface area contributed by atoms with Crippen LogP contribution in [0, 0.1) is 0 Å². The molecule has 1 aromatic carbocycles. The van der Waals surface area contributed by atoms with Crippen molar-refractivity contribution in [2.45, 2.75) is 6.42 Å². The van der Waals surface area contributed by atoms with Gasteiger partial charge in [-0.05, 0) is 5.56 Å². The van der Waals surface area contributed by atoms with Crippen LogP contribution in [-0.2, 0) is 16.1 Å². The van der Waals surface area contributed by atoms with E-state index in [-0.39, 0.29) is 62.3 Å². The number of aliphatic hydroxyl groups is 2. The van der Waals surface area contributed by atoms with Crippen molar-refractivity contribution in [3.8, 4) is 0 Å². The van der Waals surface area contributed by atoms with Crippen molar-refractivity contribution in [1.29, 1.82) is 0 Å². The second-order valence-corrected chi connectivity index (χ2v) is 3.50. The van der Waals surface area contributed by atoms with E-state index in [1.165, 1.54) is 5.06 Å². The Morgan fingerprint density at radius 2 is 1.67 bits per heavy atom. The maximum absolute atomic E-state index is 11.5. The molecule has 18 heavy (non-hydrogen) atoms. The van der Waals surface area contributed by atoms with Gasteiger partial charge in [-0.2, -0.15) is 0 Å². The second kappa shape index (κ2) is 10.5. The number of carbonyl (C=O) groups is 1. The first-order valence-corrected chi connectivity index (χ1v) is 5.47. The molecule has 0 radical (unpaired) electrons. The zero-order chi connectivity index (χ0) is 12.5. The summed E-state index contributed by atoms with van der Waals surface area (Å²) in [5.74, 6) is -0.405. The Kier molecular flexibility index (Phi) is 10.2. The third-order valence-electron chi connectivity index (χ3n) is 2.12. The average Bonchev–Trinajstić information content (AvgIpc) is 2.30. The summed E-state index contributed by atoms with van der Waals surface area (Å²) in [5, 5.41) is 18.8. The summed E-state index contributed by atoms with van der Waals surface area (Å²) >= 11 is 0. The molecular weight excluding hydrogens is 245 g/mol. The van der Waals surface area contributed by atoms with Crippen LogP contribution in [0.2, 0.25) is 0 Å². The standard InChI is InChI=1S/C12H17NO4.Na.H/c14-8-6-13(7-9-15)17-12(16)10-11-4-2-1-3-5-11;;/h1-5,14-15H,6-10H2;;. The number of carbonyl (C=O) groups excluding carboxylic acids is 1. The van der Waals surface area contributed by atoms with Gasteiger partial charge >= 0.3 is 35.5 Å². The molecule has 1 aromatic rings. The van der Waals surface area contributed by atoms with Crippen molar-refractivity contribution >= 4 is 35.5 Å². The topological polar surface area (TPSA) is 70.0 Å². The summed E-state index contributed by atoms with van der Waals surface area (Å²) in [6.07, 6.45) is 0.175. The zero-order valence-corrected chi connectivity index (χ0v) is 9.58. The molecule has 0 aliphatic rings. The summed E-state index contributed by atoms with van der Waals surface area (Å²) in [5.41, 5.74) is 0.866. The predicted octanol–water partition coefficient (Wildman–Crippen LogP) is -0.675. The van der Waals surface area contributed by atoms with Crippen molar-refractivity contribution in [3.05, 3.63) is 35.9 Å². The molecule has 0 heterocycles. The van der Waals surface area contributed by atoms with Gasteiger partial charge in [0.15, 0.2) is 0 Å². The molecular formula is C12H18NNaO4. The number of hydrogen-bond acceptors (Lipinski definition) is 5. The minimum absolute atomic E-state index is 0. The summed E-state index contributed by atoms with van der Waals surface area (Å²) in [6.45, 7) is 0.138. The molecule has 0 fully saturated rings. The Balaban J connectivity index is 0.00000289. The van der Waals surface area contributed by atoms with Crippen LogP contribution in [0.25, 0.3) is 0 Å². The summed E-state index contributed by atoms with van der Waals surface area (Å²) in [6, 6.07) is 9.25. The van der Waals surface area contributed by atoms with Crippen LogP contribution < -0.4 is 0 Å². The Labute approximate surface area is 129 Å². The van der Waals surface area contributed by atoms with Crippen LogP contribution in [0.5, 0.6) is 0 Å². The van der Waals surface area contributed by atoms with Crippen LogP contribution >= 0.6 is 0 Å². The molecule has 0 saturated carbocycles. The second-order valence-electron chi connectivity index (χ2n) is 3.50. The van der Waals surface area contributed by atoms with Crippen molar-refractivity contribution in [3.63, 3.8) is 0 Å². The number of hydroxylamine groups is 2. The molecule has 0 aromatic heterocycles. The van der Waals surface area contributed by atoms with E-state index in [1.807, 2.05) is 30.3 Å². The van der Waals surface area contributed by atoms with Gasteiger partial charge in [0.05, 0.1) is 32.7 Å². The quantitative estimate of drug-likeness (QED) is 0.504. The van der Waals surface area contributed by atoms with Crippen LogP contribution in [0.4, 0.5) is 0 Å². The maximum atomic E-state index is 11.5. The molecule has 0 amide bonds. The fourth-order valence-corrected chi connectivity index (χ4v) is 1.36. The van der Waals surface area contributed by atoms with E-state index < -0.39 is 5.97 Å². The molecule has 5 nitrogen and oxygen atoms in total. The molecule has 6 heteroatoms. The van der Waals surface area contributed by atoms with E-state index in [0.29, 0.717) is 0 Å². The molecule has 2 N–H and O–H groups in total. The van der Waals surface area contributed by atoms with Crippen LogP contribution in [0.1, 0.15) is 5.56 Å². The van der Waals surface area contributed by atoms with E-state index in [4.69, 9.17) is 15.1 Å². The first kappa shape index (κ1) is 17.6. The fourth-order valence-electron chi connectivity index (χ4n) is 1.36. The molecule has 0 aliphatic carbocycles. The van der Waals surface area contributed by atoms with E-state index in [1.54, 1.807) is 0 Å². The van der Waals surface area contributed by atoms with Gasteiger partial charge in [0, 0.05) is 0 Å². The normalized spacial score (nSPS) is 9.94. The third-order valence-corrected chi connectivity index (χ3v) is 2.12. The van der Waals surface area contributed by atoms with Crippen molar-refractivity contribution in [1.82, 2.24) is 5.06 Å². The van der Waals surface area contributed by atoms with Gasteiger partial charge in [-0.25, -0.2) is 4.79 Å². The van der Waals surface area contributed by atoms with Gasteiger partial charge < -0.3 is 15.1 Å². The summed E-state index contributed by atoms with van der Waals surface area (Å²) in [7, 11) is 0. The van der Waals surface area contributed by atoms with Crippen molar-refractivity contribution < 1.29 is 19.8 Å². The van der Waals surface area contributed by atoms with Crippen LogP contribution in [0.15, 0.2) is 30.3 Å². The van der Waals surface area contributed by atoms with E-state index in [0.717, 1.165) is 5.56 Å². The van der Waals surface area contributed by atoms with Crippen LogP contribution in [0.3, 0.4) is 0 Å². The van der Waals surface area contributed by atoms with Gasteiger partial charge in [-0.1, -0.05) is 30.3 Å². The van der Waals surface area contributed by atoms with Gasteiger partial charge in [0.25, 0.3) is 0 Å². The third kappa shape index (κ3) is 7.10. The summed E-state index contributed by atoms with van der Waals surface area (Å²) < 4.78 is 0. The van der Waals surface area contributed by atoms with Crippen molar-refractivity contribution in [2.75, 3.05) is 26.3 Å². The monoisotopic (exact) mass is 263 g/mol. The average molecular weight is 263 g/mol. The van der Waals surface area contributed by atoms with Gasteiger partial charge in [-0.15, -0.1) is 5.06 Å². The van der Waals surface area contributed by atoms with E-state index in [9.17, 15) is 4.79 Å². The molecule has 0 atom stereocenters. The number of nitrogens with zero attached hydrogens (tertiary/aromatic N) is 1. The molecule has 0 unspecified atom stereocenters. The first-order chi connectivity index (χ1) is 8.26. The van der Waals surface area contributed by atoms with Gasteiger partial charge in [-0.3, -0.25) is 0 Å². The number of hydrogen-bond donors (Lipinski definition) is 2. The van der Waals surface area contributed by atoms with Crippen molar-refractivity contribution in [2.24, 2.45) is 0 Å². The van der Waals surface area contributed by atoms with Gasteiger partial charge in [0.2, 0.25) is 0 Å². The Morgan fingerprint density at radius 3 is 2.17 bits per heavy atom. The zero-order valence-electron chi connectivity index (χ0n) is 9.58. The molecule has 0 saturated heterocycles. The Hall–Kier alpha value is -0.430. The molecule has 0 aliphatic heterocycles. The SMILES string of the molecule is O=C(Cc1ccccc1)ON(CCO)CCO.[NaH]. The summed E-state index contributed by atoms with van der Waals surface area (Å²) in [4.78, 5) is 16.6. The fraction of sp³-hybridized carbons (Fsp3) is 0.417.